The number of rotatable bonds is 4. The molecule has 1 atom stereocenters. The van der Waals surface area contributed by atoms with Crippen LogP contribution < -0.4 is 10.2 Å². The standard InChI is InChI=1S/C23H25N3O2/c1-4-26-20-12-8-7-11-19(20)23(21(26)27,24-22(28)25(2)3)15-17-14-13-16-9-5-6-10-18(16)17/h5-12,14H,4,13,15H2,1-3H3,(H,24,28). The molecule has 1 N–H and O–H groups in total. The van der Waals surface area contributed by atoms with E-state index in [-0.39, 0.29) is 11.9 Å². The number of carbonyl (C=O) groups is 2. The predicted molar refractivity (Wildman–Crippen MR) is 111 cm³/mol. The minimum Gasteiger partial charge on any atom is -0.331 e. The van der Waals surface area contributed by atoms with E-state index in [0.717, 1.165) is 23.2 Å². The lowest BCUT2D eigenvalue weighted by Gasteiger charge is -2.32. The lowest BCUT2D eigenvalue weighted by molar-refractivity contribution is -0.123. The fraction of sp³-hybridized carbons (Fsp3) is 0.304. The van der Waals surface area contributed by atoms with Crippen molar-refractivity contribution >= 4 is 23.2 Å². The van der Waals surface area contributed by atoms with Crippen molar-refractivity contribution in [3.8, 4) is 0 Å². The molecule has 3 amide bonds. The highest BCUT2D eigenvalue weighted by Crippen LogP contribution is 2.46. The molecule has 0 radical (unpaired) electrons. The van der Waals surface area contributed by atoms with E-state index in [1.165, 1.54) is 16.0 Å². The van der Waals surface area contributed by atoms with Crippen molar-refractivity contribution in [3.63, 3.8) is 0 Å². The number of urea groups is 1. The Morgan fingerprint density at radius 1 is 1.14 bits per heavy atom. The molecule has 2 aromatic rings. The fourth-order valence-electron chi connectivity index (χ4n) is 4.28. The lowest BCUT2D eigenvalue weighted by atomic mass is 9.83. The molecule has 144 valence electrons. The number of benzene rings is 2. The summed E-state index contributed by atoms with van der Waals surface area (Å²) in [6.45, 7) is 2.52. The van der Waals surface area contributed by atoms with Crippen LogP contribution in [0.15, 0.2) is 54.6 Å². The first-order chi connectivity index (χ1) is 13.5. The molecule has 0 aromatic heterocycles. The Bertz CT molecular complexity index is 979. The van der Waals surface area contributed by atoms with Crippen LogP contribution in [-0.2, 0) is 16.8 Å². The molecule has 5 nitrogen and oxygen atoms in total. The molecular formula is C23H25N3O2. The van der Waals surface area contributed by atoms with Crippen LogP contribution in [0.2, 0.25) is 0 Å². The van der Waals surface area contributed by atoms with Gasteiger partial charge in [0.25, 0.3) is 5.91 Å². The van der Waals surface area contributed by atoms with Crippen molar-refractivity contribution in [2.75, 3.05) is 25.5 Å². The third kappa shape index (κ3) is 2.70. The zero-order valence-electron chi connectivity index (χ0n) is 16.5. The van der Waals surface area contributed by atoms with Crippen molar-refractivity contribution in [2.24, 2.45) is 0 Å². The summed E-state index contributed by atoms with van der Waals surface area (Å²) in [4.78, 5) is 29.6. The molecule has 0 saturated carbocycles. The Morgan fingerprint density at radius 3 is 2.61 bits per heavy atom. The Morgan fingerprint density at radius 2 is 1.86 bits per heavy atom. The second-order valence-corrected chi connectivity index (χ2v) is 7.56. The van der Waals surface area contributed by atoms with Gasteiger partial charge in [0.2, 0.25) is 0 Å². The van der Waals surface area contributed by atoms with Crippen molar-refractivity contribution in [1.29, 1.82) is 0 Å². The van der Waals surface area contributed by atoms with Gasteiger partial charge in [0.05, 0.1) is 0 Å². The SMILES string of the molecule is CCN1C(=O)C(CC2=CCc3ccccc32)(NC(=O)N(C)C)c2ccccc21. The predicted octanol–water partition coefficient (Wildman–Crippen LogP) is 3.55. The summed E-state index contributed by atoms with van der Waals surface area (Å²) in [5.41, 5.74) is 4.18. The molecule has 2 aliphatic rings. The first-order valence-corrected chi connectivity index (χ1v) is 9.66. The first-order valence-electron chi connectivity index (χ1n) is 9.66. The normalized spacial score (nSPS) is 19.9. The maximum Gasteiger partial charge on any atom is 0.318 e. The molecule has 5 heteroatoms. The third-order valence-corrected chi connectivity index (χ3v) is 5.69. The second kappa shape index (κ2) is 6.82. The van der Waals surface area contributed by atoms with Crippen LogP contribution in [0.1, 0.15) is 30.0 Å². The quantitative estimate of drug-likeness (QED) is 0.889. The highest BCUT2D eigenvalue weighted by Gasteiger charge is 2.52. The molecular weight excluding hydrogens is 350 g/mol. The molecule has 28 heavy (non-hydrogen) atoms. The Labute approximate surface area is 165 Å². The zero-order chi connectivity index (χ0) is 19.9. The molecule has 0 saturated heterocycles. The molecule has 1 aliphatic heterocycles. The van der Waals surface area contributed by atoms with E-state index in [1.54, 1.807) is 19.0 Å². The van der Waals surface area contributed by atoms with E-state index >= 15 is 0 Å². The van der Waals surface area contributed by atoms with Crippen molar-refractivity contribution in [3.05, 3.63) is 71.3 Å². The summed E-state index contributed by atoms with van der Waals surface area (Å²) in [7, 11) is 3.38. The number of anilines is 1. The van der Waals surface area contributed by atoms with Crippen molar-refractivity contribution < 1.29 is 9.59 Å². The Balaban J connectivity index is 1.83. The highest BCUT2D eigenvalue weighted by atomic mass is 16.2. The largest absolute Gasteiger partial charge is 0.331 e. The van der Waals surface area contributed by atoms with Gasteiger partial charge in [0, 0.05) is 38.3 Å². The molecule has 1 aliphatic carbocycles. The number of hydrogen-bond donors (Lipinski definition) is 1. The summed E-state index contributed by atoms with van der Waals surface area (Å²) in [5, 5.41) is 3.07. The van der Waals surface area contributed by atoms with Gasteiger partial charge in [-0.2, -0.15) is 0 Å². The Hall–Kier alpha value is -3.08. The molecule has 0 spiro atoms. The first kappa shape index (κ1) is 18.3. The van der Waals surface area contributed by atoms with Gasteiger partial charge in [-0.1, -0.05) is 48.5 Å². The number of nitrogens with zero attached hydrogens (tertiary/aromatic N) is 2. The molecule has 0 bridgehead atoms. The summed E-state index contributed by atoms with van der Waals surface area (Å²) in [6, 6.07) is 15.8. The van der Waals surface area contributed by atoms with Gasteiger partial charge < -0.3 is 15.1 Å². The average molecular weight is 375 g/mol. The third-order valence-electron chi connectivity index (χ3n) is 5.69. The summed E-state index contributed by atoms with van der Waals surface area (Å²) < 4.78 is 0. The van der Waals surface area contributed by atoms with Gasteiger partial charge in [0.1, 0.15) is 0 Å². The van der Waals surface area contributed by atoms with E-state index in [2.05, 4.69) is 23.5 Å². The van der Waals surface area contributed by atoms with Crippen LogP contribution in [0.25, 0.3) is 5.57 Å². The van der Waals surface area contributed by atoms with Crippen LogP contribution in [0.3, 0.4) is 0 Å². The van der Waals surface area contributed by atoms with Crippen LogP contribution in [0, 0.1) is 0 Å². The van der Waals surface area contributed by atoms with E-state index in [0.29, 0.717) is 13.0 Å². The van der Waals surface area contributed by atoms with Gasteiger partial charge in [-0.15, -0.1) is 0 Å². The number of fused-ring (bicyclic) bond motifs is 2. The maximum absolute atomic E-state index is 13.6. The average Bonchev–Trinajstić information content (AvgIpc) is 3.20. The van der Waals surface area contributed by atoms with Crippen LogP contribution in [0.4, 0.5) is 10.5 Å². The Kier molecular flexibility index (Phi) is 4.46. The van der Waals surface area contributed by atoms with Gasteiger partial charge in [0.15, 0.2) is 5.54 Å². The number of amides is 3. The number of allylic oxidation sites excluding steroid dienone is 1. The lowest BCUT2D eigenvalue weighted by Crippen LogP contribution is -2.55. The number of para-hydroxylation sites is 1. The zero-order valence-corrected chi connectivity index (χ0v) is 16.5. The van der Waals surface area contributed by atoms with E-state index < -0.39 is 5.54 Å². The van der Waals surface area contributed by atoms with Gasteiger partial charge in [-0.05, 0) is 36.1 Å². The minimum absolute atomic E-state index is 0.0725. The summed E-state index contributed by atoms with van der Waals surface area (Å²) in [5.74, 6) is -0.0725. The number of hydrogen-bond acceptors (Lipinski definition) is 2. The fourth-order valence-corrected chi connectivity index (χ4v) is 4.28. The number of carbonyl (C=O) groups excluding carboxylic acids is 2. The molecule has 1 heterocycles. The maximum atomic E-state index is 13.6. The highest BCUT2D eigenvalue weighted by molar-refractivity contribution is 6.10. The second-order valence-electron chi connectivity index (χ2n) is 7.56. The number of likely N-dealkylation sites (N-methyl/N-ethyl adjacent to an activating group) is 1. The minimum atomic E-state index is -1.10. The molecule has 2 aromatic carbocycles. The van der Waals surface area contributed by atoms with Crippen molar-refractivity contribution in [2.45, 2.75) is 25.3 Å². The molecule has 1 unspecified atom stereocenters. The van der Waals surface area contributed by atoms with Gasteiger partial charge in [-0.25, -0.2) is 4.79 Å². The van der Waals surface area contributed by atoms with Crippen molar-refractivity contribution in [1.82, 2.24) is 10.2 Å². The van der Waals surface area contributed by atoms with E-state index in [9.17, 15) is 9.59 Å². The van der Waals surface area contributed by atoms with Crippen LogP contribution >= 0.6 is 0 Å². The van der Waals surface area contributed by atoms with Crippen LogP contribution in [0.5, 0.6) is 0 Å². The summed E-state index contributed by atoms with van der Waals surface area (Å²) >= 11 is 0. The smallest absolute Gasteiger partial charge is 0.318 e. The van der Waals surface area contributed by atoms with E-state index in [4.69, 9.17) is 0 Å². The van der Waals surface area contributed by atoms with Crippen LogP contribution in [-0.4, -0.2) is 37.5 Å². The topological polar surface area (TPSA) is 52.7 Å². The van der Waals surface area contributed by atoms with Gasteiger partial charge >= 0.3 is 6.03 Å². The monoisotopic (exact) mass is 375 g/mol. The summed E-state index contributed by atoms with van der Waals surface area (Å²) in [6.07, 6.45) is 3.48. The molecule has 0 fully saturated rings. The number of nitrogens with one attached hydrogen (secondary N) is 1. The van der Waals surface area contributed by atoms with E-state index in [1.807, 2.05) is 43.3 Å². The van der Waals surface area contributed by atoms with Gasteiger partial charge in [-0.3, -0.25) is 4.79 Å². The molecule has 4 rings (SSSR count).